The third kappa shape index (κ3) is 6.42. The molecule has 0 aliphatic heterocycles. The van der Waals surface area contributed by atoms with Crippen LogP contribution in [0.15, 0.2) is 30.3 Å². The summed E-state index contributed by atoms with van der Waals surface area (Å²) < 4.78 is 0. The van der Waals surface area contributed by atoms with Crippen LogP contribution in [0.5, 0.6) is 0 Å². The highest BCUT2D eigenvalue weighted by Gasteiger charge is 2.16. The van der Waals surface area contributed by atoms with Gasteiger partial charge in [-0.25, -0.2) is 0 Å². The number of hydrogen-bond acceptors (Lipinski definition) is 2. The van der Waals surface area contributed by atoms with Gasteiger partial charge in [0.2, 0.25) is 0 Å². The average Bonchev–Trinajstić information content (AvgIpc) is 2.37. The molecule has 0 atom stereocenters. The standard InChI is InChI=1S/C16H24N2/c1-16(2,11-7-12-17)14-18-13-6-10-15-8-4-3-5-9-15/h3-5,8-9,18H,6-7,10-11,13-14H2,1-2H3. The first-order valence-corrected chi connectivity index (χ1v) is 6.76. The Morgan fingerprint density at radius 3 is 2.61 bits per heavy atom. The van der Waals surface area contributed by atoms with Crippen LogP contribution in [0, 0.1) is 16.7 Å². The maximum absolute atomic E-state index is 8.59. The fourth-order valence-electron chi connectivity index (χ4n) is 1.97. The van der Waals surface area contributed by atoms with Gasteiger partial charge in [0.1, 0.15) is 0 Å². The molecule has 0 aliphatic carbocycles. The summed E-state index contributed by atoms with van der Waals surface area (Å²) in [7, 11) is 0. The Bertz CT molecular complexity index is 362. The van der Waals surface area contributed by atoms with Crippen molar-refractivity contribution in [2.45, 2.75) is 39.5 Å². The Labute approximate surface area is 111 Å². The minimum Gasteiger partial charge on any atom is -0.316 e. The van der Waals surface area contributed by atoms with Crippen molar-refractivity contribution in [3.8, 4) is 6.07 Å². The second-order valence-electron chi connectivity index (χ2n) is 5.59. The summed E-state index contributed by atoms with van der Waals surface area (Å²) in [5.74, 6) is 0. The molecule has 0 amide bonds. The first kappa shape index (κ1) is 14.7. The van der Waals surface area contributed by atoms with E-state index in [0.717, 1.165) is 25.9 Å². The molecule has 1 aromatic rings. The highest BCUT2D eigenvalue weighted by atomic mass is 14.9. The smallest absolute Gasteiger partial charge is 0.0621 e. The van der Waals surface area contributed by atoms with Crippen molar-refractivity contribution >= 4 is 0 Å². The largest absolute Gasteiger partial charge is 0.316 e. The second-order valence-corrected chi connectivity index (χ2v) is 5.59. The van der Waals surface area contributed by atoms with E-state index < -0.39 is 0 Å². The molecule has 1 rings (SSSR count). The molecule has 18 heavy (non-hydrogen) atoms. The van der Waals surface area contributed by atoms with Crippen molar-refractivity contribution in [3.63, 3.8) is 0 Å². The Morgan fingerprint density at radius 2 is 1.94 bits per heavy atom. The minimum atomic E-state index is 0.225. The maximum Gasteiger partial charge on any atom is 0.0621 e. The molecule has 2 nitrogen and oxygen atoms in total. The number of benzene rings is 1. The molecule has 0 unspecified atom stereocenters. The van der Waals surface area contributed by atoms with Crippen LogP contribution >= 0.6 is 0 Å². The summed E-state index contributed by atoms with van der Waals surface area (Å²) in [5, 5.41) is 12.1. The topological polar surface area (TPSA) is 35.8 Å². The van der Waals surface area contributed by atoms with E-state index in [4.69, 9.17) is 5.26 Å². The first-order chi connectivity index (χ1) is 8.64. The molecular formula is C16H24N2. The predicted octanol–water partition coefficient (Wildman–Crippen LogP) is 3.54. The first-order valence-electron chi connectivity index (χ1n) is 6.76. The lowest BCUT2D eigenvalue weighted by Crippen LogP contribution is -2.30. The van der Waals surface area contributed by atoms with Crippen molar-refractivity contribution < 1.29 is 0 Å². The monoisotopic (exact) mass is 244 g/mol. The summed E-state index contributed by atoms with van der Waals surface area (Å²) in [6, 6.07) is 12.8. The van der Waals surface area contributed by atoms with Crippen LogP contribution < -0.4 is 5.32 Å². The molecule has 0 bridgehead atoms. The molecule has 0 aromatic heterocycles. The lowest BCUT2D eigenvalue weighted by atomic mass is 9.88. The molecule has 0 aliphatic rings. The fraction of sp³-hybridized carbons (Fsp3) is 0.562. The van der Waals surface area contributed by atoms with Gasteiger partial charge in [-0.05, 0) is 36.8 Å². The number of rotatable bonds is 8. The van der Waals surface area contributed by atoms with Crippen LogP contribution in [-0.2, 0) is 6.42 Å². The van der Waals surface area contributed by atoms with Gasteiger partial charge in [-0.2, -0.15) is 5.26 Å². The van der Waals surface area contributed by atoms with Gasteiger partial charge in [0.05, 0.1) is 6.07 Å². The molecule has 98 valence electrons. The van der Waals surface area contributed by atoms with E-state index in [9.17, 15) is 0 Å². The van der Waals surface area contributed by atoms with Crippen LogP contribution in [0.25, 0.3) is 0 Å². The lowest BCUT2D eigenvalue weighted by Gasteiger charge is -2.23. The van der Waals surface area contributed by atoms with E-state index in [2.05, 4.69) is 55.6 Å². The normalized spacial score (nSPS) is 11.2. The highest BCUT2D eigenvalue weighted by molar-refractivity contribution is 5.14. The molecule has 0 saturated carbocycles. The number of nitriles is 1. The van der Waals surface area contributed by atoms with Gasteiger partial charge in [0, 0.05) is 13.0 Å². The van der Waals surface area contributed by atoms with Crippen molar-refractivity contribution in [2.24, 2.45) is 5.41 Å². The van der Waals surface area contributed by atoms with E-state index in [1.54, 1.807) is 0 Å². The number of nitrogens with zero attached hydrogens (tertiary/aromatic N) is 1. The molecule has 1 aromatic carbocycles. The molecule has 0 saturated heterocycles. The van der Waals surface area contributed by atoms with Gasteiger partial charge >= 0.3 is 0 Å². The SMILES string of the molecule is CC(C)(CCC#N)CNCCCc1ccccc1. The molecule has 0 fully saturated rings. The molecular weight excluding hydrogens is 220 g/mol. The third-order valence-corrected chi connectivity index (χ3v) is 3.18. The number of hydrogen-bond donors (Lipinski definition) is 1. The van der Waals surface area contributed by atoms with E-state index in [-0.39, 0.29) is 5.41 Å². The summed E-state index contributed by atoms with van der Waals surface area (Å²) >= 11 is 0. The van der Waals surface area contributed by atoms with Gasteiger partial charge < -0.3 is 5.32 Å². The van der Waals surface area contributed by atoms with Crippen LogP contribution in [-0.4, -0.2) is 13.1 Å². The molecule has 0 heterocycles. The van der Waals surface area contributed by atoms with Crippen molar-refractivity contribution in [3.05, 3.63) is 35.9 Å². The Morgan fingerprint density at radius 1 is 1.22 bits per heavy atom. The predicted molar refractivity (Wildman–Crippen MR) is 76.3 cm³/mol. The Hall–Kier alpha value is -1.33. The van der Waals surface area contributed by atoms with Crippen LogP contribution in [0.4, 0.5) is 0 Å². The van der Waals surface area contributed by atoms with Crippen LogP contribution in [0.2, 0.25) is 0 Å². The average molecular weight is 244 g/mol. The van der Waals surface area contributed by atoms with Gasteiger partial charge in [-0.3, -0.25) is 0 Å². The summed E-state index contributed by atoms with van der Waals surface area (Å²) in [5.41, 5.74) is 1.63. The number of nitrogens with one attached hydrogen (secondary N) is 1. The summed E-state index contributed by atoms with van der Waals surface area (Å²) in [6.07, 6.45) is 3.92. The van der Waals surface area contributed by atoms with Crippen molar-refractivity contribution in [2.75, 3.05) is 13.1 Å². The Kier molecular flexibility index (Phi) is 6.46. The van der Waals surface area contributed by atoms with Crippen molar-refractivity contribution in [1.82, 2.24) is 5.32 Å². The zero-order valence-electron chi connectivity index (χ0n) is 11.6. The van der Waals surface area contributed by atoms with Gasteiger partial charge in [-0.15, -0.1) is 0 Å². The molecule has 0 spiro atoms. The zero-order chi connectivity index (χ0) is 13.3. The van der Waals surface area contributed by atoms with Gasteiger partial charge in [-0.1, -0.05) is 44.2 Å². The fourth-order valence-corrected chi connectivity index (χ4v) is 1.97. The third-order valence-electron chi connectivity index (χ3n) is 3.18. The van der Waals surface area contributed by atoms with Crippen LogP contribution in [0.1, 0.15) is 38.7 Å². The Balaban J connectivity index is 2.10. The lowest BCUT2D eigenvalue weighted by molar-refractivity contribution is 0.318. The van der Waals surface area contributed by atoms with E-state index in [0.29, 0.717) is 6.42 Å². The van der Waals surface area contributed by atoms with Gasteiger partial charge in [0.15, 0.2) is 0 Å². The molecule has 1 N–H and O–H groups in total. The maximum atomic E-state index is 8.59. The molecule has 2 heteroatoms. The van der Waals surface area contributed by atoms with E-state index >= 15 is 0 Å². The highest BCUT2D eigenvalue weighted by Crippen LogP contribution is 2.20. The summed E-state index contributed by atoms with van der Waals surface area (Å²) in [4.78, 5) is 0. The quantitative estimate of drug-likeness (QED) is 0.710. The van der Waals surface area contributed by atoms with Gasteiger partial charge in [0.25, 0.3) is 0 Å². The van der Waals surface area contributed by atoms with E-state index in [1.807, 2.05) is 0 Å². The zero-order valence-corrected chi connectivity index (χ0v) is 11.6. The van der Waals surface area contributed by atoms with E-state index in [1.165, 1.54) is 12.0 Å². The summed E-state index contributed by atoms with van der Waals surface area (Å²) in [6.45, 7) is 6.47. The molecule has 0 radical (unpaired) electrons. The van der Waals surface area contributed by atoms with Crippen LogP contribution in [0.3, 0.4) is 0 Å². The van der Waals surface area contributed by atoms with Crippen molar-refractivity contribution in [1.29, 1.82) is 5.26 Å². The number of aryl methyl sites for hydroxylation is 1. The second kappa shape index (κ2) is 7.89. The minimum absolute atomic E-state index is 0.225.